The Bertz CT molecular complexity index is 1160. The number of carbonyl (C=O) groups is 1. The number of carbonyl (C=O) groups excluding carboxylic acids is 1. The van der Waals surface area contributed by atoms with Gasteiger partial charge < -0.3 is 9.72 Å². The van der Waals surface area contributed by atoms with Gasteiger partial charge in [0.2, 0.25) is 0 Å². The molecule has 3 aromatic carbocycles. The average Bonchev–Trinajstić information content (AvgIpc) is 3.11. The summed E-state index contributed by atoms with van der Waals surface area (Å²) in [4.78, 5) is 16.0. The average molecular weight is 356 g/mol. The maximum absolute atomic E-state index is 12.4. The molecule has 1 aliphatic heterocycles. The Hall–Kier alpha value is -3.11. The molecule has 0 amide bonds. The Balaban J connectivity index is 1.75. The van der Waals surface area contributed by atoms with Crippen LogP contribution in [0, 0.1) is 0 Å². The number of rotatable bonds is 2. The summed E-state index contributed by atoms with van der Waals surface area (Å²) in [6, 6.07) is 22.5. The summed E-state index contributed by atoms with van der Waals surface area (Å²) in [6.45, 7) is 0. The van der Waals surface area contributed by atoms with E-state index in [4.69, 9.17) is 4.74 Å². The quantitative estimate of drug-likeness (QED) is 0.532. The van der Waals surface area contributed by atoms with Crippen molar-refractivity contribution in [1.82, 2.24) is 10.3 Å². The summed E-state index contributed by atoms with van der Waals surface area (Å²) in [7, 11) is 1.45. The molecule has 0 unspecified atom stereocenters. The van der Waals surface area contributed by atoms with E-state index >= 15 is 0 Å². The number of nitrogens with one attached hydrogen (secondary N) is 2. The van der Waals surface area contributed by atoms with Crippen LogP contribution in [0.2, 0.25) is 0 Å². The molecule has 0 fully saturated rings. The zero-order valence-corrected chi connectivity index (χ0v) is 15.0. The van der Waals surface area contributed by atoms with Crippen molar-refractivity contribution < 1.29 is 9.53 Å². The number of methoxy groups -OCH3 is 1. The monoisotopic (exact) mass is 356 g/mol. The van der Waals surface area contributed by atoms with Crippen molar-refractivity contribution in [3.05, 3.63) is 83.6 Å². The minimum absolute atomic E-state index is 0.101. The van der Waals surface area contributed by atoms with Crippen LogP contribution in [-0.2, 0) is 16.0 Å². The van der Waals surface area contributed by atoms with Crippen LogP contribution in [0.4, 0.5) is 0 Å². The first-order valence-corrected chi connectivity index (χ1v) is 9.17. The van der Waals surface area contributed by atoms with Crippen molar-refractivity contribution in [3.8, 4) is 0 Å². The number of fused-ring (bicyclic) bond motifs is 4. The summed E-state index contributed by atoms with van der Waals surface area (Å²) < 4.78 is 5.05. The maximum Gasteiger partial charge on any atom is 0.323 e. The molecular formula is C23H20N2O2. The third kappa shape index (κ3) is 2.53. The first-order chi connectivity index (χ1) is 13.3. The minimum Gasteiger partial charge on any atom is -0.468 e. The molecule has 4 nitrogen and oxygen atoms in total. The molecule has 0 aliphatic carbocycles. The smallest absolute Gasteiger partial charge is 0.323 e. The van der Waals surface area contributed by atoms with Crippen LogP contribution < -0.4 is 5.32 Å². The molecule has 1 aliphatic rings. The molecule has 134 valence electrons. The van der Waals surface area contributed by atoms with Crippen molar-refractivity contribution in [1.29, 1.82) is 0 Å². The molecule has 0 bridgehead atoms. The predicted octanol–water partition coefficient (Wildman–Crippen LogP) is 4.10. The van der Waals surface area contributed by atoms with Gasteiger partial charge in [-0.2, -0.15) is 0 Å². The zero-order valence-electron chi connectivity index (χ0n) is 15.0. The normalized spacial score (nSPS) is 19.1. The molecule has 1 aromatic heterocycles. The fourth-order valence-corrected chi connectivity index (χ4v) is 4.28. The Labute approximate surface area is 157 Å². The van der Waals surface area contributed by atoms with Gasteiger partial charge in [-0.3, -0.25) is 10.1 Å². The summed E-state index contributed by atoms with van der Waals surface area (Å²) in [5.74, 6) is -0.226. The lowest BCUT2D eigenvalue weighted by atomic mass is 9.88. The van der Waals surface area contributed by atoms with E-state index in [1.165, 1.54) is 28.8 Å². The Morgan fingerprint density at radius 2 is 1.70 bits per heavy atom. The van der Waals surface area contributed by atoms with E-state index in [2.05, 4.69) is 58.8 Å². The zero-order chi connectivity index (χ0) is 18.4. The second kappa shape index (κ2) is 6.25. The maximum atomic E-state index is 12.4. The molecule has 2 atom stereocenters. The minimum atomic E-state index is -0.370. The first-order valence-electron chi connectivity index (χ1n) is 9.17. The standard InChI is InChI=1S/C23H20N2O2/c1-27-23(26)20-13-18-16-10-4-5-12-19(16)24-22(18)21(25-20)17-11-6-8-14-7-2-3-9-15(14)17/h2-12,20-21,24-25H,13H2,1H3/t20-,21-/m0/s1. The number of para-hydroxylation sites is 1. The highest BCUT2D eigenvalue weighted by Gasteiger charge is 2.34. The van der Waals surface area contributed by atoms with Crippen LogP contribution in [0.5, 0.6) is 0 Å². The van der Waals surface area contributed by atoms with Crippen LogP contribution >= 0.6 is 0 Å². The van der Waals surface area contributed by atoms with Gasteiger partial charge in [0, 0.05) is 23.0 Å². The number of ether oxygens (including phenoxy) is 1. The fraction of sp³-hybridized carbons (Fsp3) is 0.174. The van der Waals surface area contributed by atoms with Crippen LogP contribution in [0.15, 0.2) is 66.7 Å². The van der Waals surface area contributed by atoms with Gasteiger partial charge in [0.25, 0.3) is 0 Å². The number of aromatic nitrogens is 1. The molecule has 4 heteroatoms. The van der Waals surface area contributed by atoms with Crippen LogP contribution in [0.3, 0.4) is 0 Å². The van der Waals surface area contributed by atoms with Gasteiger partial charge in [0.15, 0.2) is 0 Å². The summed E-state index contributed by atoms with van der Waals surface area (Å²) in [6.07, 6.45) is 0.618. The lowest BCUT2D eigenvalue weighted by Crippen LogP contribution is -2.45. The molecule has 0 spiro atoms. The van der Waals surface area contributed by atoms with Crippen molar-refractivity contribution in [2.24, 2.45) is 0 Å². The van der Waals surface area contributed by atoms with E-state index in [9.17, 15) is 4.79 Å². The second-order valence-electron chi connectivity index (χ2n) is 7.01. The number of aromatic amines is 1. The van der Waals surface area contributed by atoms with Gasteiger partial charge in [0.1, 0.15) is 6.04 Å². The highest BCUT2D eigenvalue weighted by Crippen LogP contribution is 2.37. The highest BCUT2D eigenvalue weighted by atomic mass is 16.5. The van der Waals surface area contributed by atoms with Crippen LogP contribution in [0.1, 0.15) is 22.9 Å². The molecular weight excluding hydrogens is 336 g/mol. The molecule has 5 rings (SSSR count). The molecule has 0 saturated heterocycles. The Morgan fingerprint density at radius 1 is 0.963 bits per heavy atom. The van der Waals surface area contributed by atoms with Gasteiger partial charge in [0.05, 0.1) is 13.2 Å². The number of H-pyrrole nitrogens is 1. The molecule has 2 heterocycles. The summed E-state index contributed by atoms with van der Waals surface area (Å²) in [5.41, 5.74) is 4.58. The van der Waals surface area contributed by atoms with Crippen molar-refractivity contribution in [3.63, 3.8) is 0 Å². The third-order valence-electron chi connectivity index (χ3n) is 5.53. The van der Waals surface area contributed by atoms with Crippen molar-refractivity contribution in [2.45, 2.75) is 18.5 Å². The molecule has 0 radical (unpaired) electrons. The lowest BCUT2D eigenvalue weighted by Gasteiger charge is -2.31. The predicted molar refractivity (Wildman–Crippen MR) is 107 cm³/mol. The van der Waals surface area contributed by atoms with Crippen LogP contribution in [0.25, 0.3) is 21.7 Å². The first kappa shape index (κ1) is 16.1. The number of esters is 1. The fourth-order valence-electron chi connectivity index (χ4n) is 4.28. The highest BCUT2D eigenvalue weighted by molar-refractivity contribution is 5.90. The number of benzene rings is 3. The molecule has 2 N–H and O–H groups in total. The van der Waals surface area contributed by atoms with Crippen LogP contribution in [-0.4, -0.2) is 24.1 Å². The van der Waals surface area contributed by atoms with Gasteiger partial charge in [-0.1, -0.05) is 60.7 Å². The van der Waals surface area contributed by atoms with Gasteiger partial charge in [-0.25, -0.2) is 0 Å². The van der Waals surface area contributed by atoms with E-state index in [-0.39, 0.29) is 18.1 Å². The van der Waals surface area contributed by atoms with Gasteiger partial charge in [-0.15, -0.1) is 0 Å². The number of hydrogen-bond donors (Lipinski definition) is 2. The largest absolute Gasteiger partial charge is 0.468 e. The van der Waals surface area contributed by atoms with E-state index < -0.39 is 0 Å². The summed E-state index contributed by atoms with van der Waals surface area (Å²) in [5, 5.41) is 7.08. The Kier molecular flexibility index (Phi) is 3.73. The SMILES string of the molecule is COC(=O)[C@@H]1Cc2c([nH]c3ccccc23)[C@H](c2cccc3ccccc23)N1. The number of hydrogen-bond acceptors (Lipinski definition) is 3. The molecule has 4 aromatic rings. The van der Waals surface area contributed by atoms with E-state index in [1.54, 1.807) is 0 Å². The van der Waals surface area contributed by atoms with Gasteiger partial charge in [-0.05, 0) is 28.0 Å². The van der Waals surface area contributed by atoms with Gasteiger partial charge >= 0.3 is 5.97 Å². The van der Waals surface area contributed by atoms with Crippen molar-refractivity contribution >= 4 is 27.6 Å². The molecule has 27 heavy (non-hydrogen) atoms. The van der Waals surface area contributed by atoms with E-state index in [0.717, 1.165) is 16.8 Å². The lowest BCUT2D eigenvalue weighted by molar-refractivity contribution is -0.143. The summed E-state index contributed by atoms with van der Waals surface area (Å²) >= 11 is 0. The van der Waals surface area contributed by atoms with Crippen molar-refractivity contribution in [2.75, 3.05) is 7.11 Å². The third-order valence-corrected chi connectivity index (χ3v) is 5.53. The molecule has 0 saturated carbocycles. The van der Waals surface area contributed by atoms with E-state index in [0.29, 0.717) is 6.42 Å². The Morgan fingerprint density at radius 3 is 2.56 bits per heavy atom. The topological polar surface area (TPSA) is 54.1 Å². The van der Waals surface area contributed by atoms with E-state index in [1.807, 2.05) is 18.2 Å². The second-order valence-corrected chi connectivity index (χ2v) is 7.01.